The van der Waals surface area contributed by atoms with Crippen molar-refractivity contribution in [2.75, 3.05) is 0 Å². The van der Waals surface area contributed by atoms with Crippen LogP contribution in [0, 0.1) is 19.8 Å². The minimum atomic E-state index is -4.48. The van der Waals surface area contributed by atoms with Crippen LogP contribution >= 0.6 is 0 Å². The number of halogens is 3. The van der Waals surface area contributed by atoms with Gasteiger partial charge in [0.25, 0.3) is 5.91 Å². The molecular weight excluding hydrogens is 371 g/mol. The van der Waals surface area contributed by atoms with Crippen LogP contribution in [0.1, 0.15) is 34.6 Å². The molecule has 1 aliphatic rings. The van der Waals surface area contributed by atoms with E-state index in [4.69, 9.17) is 0 Å². The quantitative estimate of drug-likeness (QED) is 0.742. The largest absolute Gasteiger partial charge is 0.408 e. The van der Waals surface area contributed by atoms with Crippen molar-refractivity contribution in [2.24, 2.45) is 5.92 Å². The van der Waals surface area contributed by atoms with Gasteiger partial charge in [-0.05, 0) is 50.8 Å². The van der Waals surface area contributed by atoms with Crippen LogP contribution in [0.3, 0.4) is 0 Å². The van der Waals surface area contributed by atoms with E-state index in [9.17, 15) is 18.0 Å². The third kappa shape index (κ3) is 3.44. The van der Waals surface area contributed by atoms with Crippen molar-refractivity contribution in [2.45, 2.75) is 38.9 Å². The summed E-state index contributed by atoms with van der Waals surface area (Å²) in [5.41, 5.74) is 3.10. The Balaban J connectivity index is 1.71. The monoisotopic (exact) mass is 389 g/mol. The molecule has 146 valence electrons. The van der Waals surface area contributed by atoms with Gasteiger partial charge in [-0.3, -0.25) is 9.78 Å². The minimum Gasteiger partial charge on any atom is -0.340 e. The van der Waals surface area contributed by atoms with Crippen molar-refractivity contribution >= 4 is 11.6 Å². The normalized spacial score (nSPS) is 15.6. The molecule has 1 unspecified atom stereocenters. The van der Waals surface area contributed by atoms with Crippen LogP contribution in [0.25, 0.3) is 16.9 Å². The van der Waals surface area contributed by atoms with Gasteiger partial charge in [0, 0.05) is 23.1 Å². The summed E-state index contributed by atoms with van der Waals surface area (Å²) in [7, 11) is 0. The summed E-state index contributed by atoms with van der Waals surface area (Å²) in [5, 5.41) is 6.24. The van der Waals surface area contributed by atoms with Crippen molar-refractivity contribution < 1.29 is 18.0 Å². The van der Waals surface area contributed by atoms with Crippen LogP contribution < -0.4 is 5.32 Å². The Hall–Kier alpha value is -2.97. The van der Waals surface area contributed by atoms with Crippen molar-refractivity contribution in [3.05, 3.63) is 47.5 Å². The first kappa shape index (κ1) is 18.4. The van der Waals surface area contributed by atoms with Gasteiger partial charge in [-0.15, -0.1) is 0 Å². The summed E-state index contributed by atoms with van der Waals surface area (Å²) in [4.78, 5) is 21.3. The number of hydrogen-bond donors (Lipinski definition) is 1. The van der Waals surface area contributed by atoms with Gasteiger partial charge in [0.15, 0.2) is 5.65 Å². The van der Waals surface area contributed by atoms with Crippen LogP contribution in [0.2, 0.25) is 0 Å². The van der Waals surface area contributed by atoms with Gasteiger partial charge in [-0.1, -0.05) is 0 Å². The lowest BCUT2D eigenvalue weighted by Crippen LogP contribution is -2.46. The average molecular weight is 389 g/mol. The maximum absolute atomic E-state index is 13.3. The van der Waals surface area contributed by atoms with E-state index in [-0.39, 0.29) is 11.2 Å². The fourth-order valence-corrected chi connectivity index (χ4v) is 3.16. The molecule has 1 atom stereocenters. The van der Waals surface area contributed by atoms with E-state index in [1.165, 1.54) is 10.7 Å². The zero-order valence-corrected chi connectivity index (χ0v) is 15.3. The zero-order chi connectivity index (χ0) is 20.1. The van der Waals surface area contributed by atoms with E-state index < -0.39 is 24.0 Å². The molecule has 0 bridgehead atoms. The molecule has 1 aliphatic carbocycles. The number of nitrogens with zero attached hydrogens (tertiary/aromatic N) is 4. The van der Waals surface area contributed by atoms with Crippen LogP contribution in [-0.4, -0.2) is 37.7 Å². The third-order valence-electron chi connectivity index (χ3n) is 4.83. The Morgan fingerprint density at radius 1 is 1.25 bits per heavy atom. The van der Waals surface area contributed by atoms with E-state index in [2.05, 4.69) is 20.4 Å². The average Bonchev–Trinajstić information content (AvgIpc) is 3.37. The molecule has 6 nitrogen and oxygen atoms in total. The highest BCUT2D eigenvalue weighted by molar-refractivity contribution is 6.00. The van der Waals surface area contributed by atoms with E-state index in [1.54, 1.807) is 19.2 Å². The summed E-state index contributed by atoms with van der Waals surface area (Å²) >= 11 is 0. The molecule has 0 saturated heterocycles. The standard InChI is InChI=1S/C19H18F3N5O/c1-10-3-4-13(8-23-10)15-7-11(2)27-17(25-15)14(9-24-27)18(28)26-16(12-5-6-12)19(20,21)22/h3-4,7-9,12,16H,5-6H2,1-2H3,(H,26,28). The molecular formula is C19H18F3N5O. The number of fused-ring (bicyclic) bond motifs is 1. The highest BCUT2D eigenvalue weighted by atomic mass is 19.4. The number of amides is 1. The molecule has 3 aromatic rings. The molecule has 3 heterocycles. The molecule has 9 heteroatoms. The molecule has 0 aromatic carbocycles. The number of carbonyl (C=O) groups is 1. The van der Waals surface area contributed by atoms with Crippen molar-refractivity contribution in [1.82, 2.24) is 24.9 Å². The molecule has 0 aliphatic heterocycles. The van der Waals surface area contributed by atoms with Gasteiger partial charge < -0.3 is 5.32 Å². The zero-order valence-electron chi connectivity index (χ0n) is 15.3. The highest BCUT2D eigenvalue weighted by Gasteiger charge is 2.49. The summed E-state index contributed by atoms with van der Waals surface area (Å²) in [6, 6.07) is 3.63. The predicted octanol–water partition coefficient (Wildman–Crippen LogP) is 3.48. The first-order chi connectivity index (χ1) is 13.2. The fourth-order valence-electron chi connectivity index (χ4n) is 3.16. The molecule has 1 amide bonds. The molecule has 0 radical (unpaired) electrons. The van der Waals surface area contributed by atoms with Crippen LogP contribution in [-0.2, 0) is 0 Å². The topological polar surface area (TPSA) is 72.2 Å². The lowest BCUT2D eigenvalue weighted by Gasteiger charge is -2.20. The van der Waals surface area contributed by atoms with Gasteiger partial charge in [-0.25, -0.2) is 9.50 Å². The van der Waals surface area contributed by atoms with Crippen LogP contribution in [0.15, 0.2) is 30.6 Å². The maximum atomic E-state index is 13.3. The second kappa shape index (κ2) is 6.57. The van der Waals surface area contributed by atoms with Crippen molar-refractivity contribution in [3.63, 3.8) is 0 Å². The third-order valence-corrected chi connectivity index (χ3v) is 4.83. The Kier molecular flexibility index (Phi) is 4.32. The molecule has 1 saturated carbocycles. The number of alkyl halides is 3. The molecule has 1 fully saturated rings. The van der Waals surface area contributed by atoms with Crippen molar-refractivity contribution in [3.8, 4) is 11.3 Å². The second-order valence-corrected chi connectivity index (χ2v) is 7.09. The first-order valence-electron chi connectivity index (χ1n) is 8.90. The van der Waals surface area contributed by atoms with Gasteiger partial charge >= 0.3 is 6.18 Å². The number of rotatable bonds is 4. The summed E-state index contributed by atoms with van der Waals surface area (Å²) in [6.07, 6.45) is -0.650. The Bertz CT molecular complexity index is 1040. The highest BCUT2D eigenvalue weighted by Crippen LogP contribution is 2.40. The predicted molar refractivity (Wildman–Crippen MR) is 95.7 cm³/mol. The smallest absolute Gasteiger partial charge is 0.340 e. The lowest BCUT2D eigenvalue weighted by atomic mass is 10.1. The van der Waals surface area contributed by atoms with E-state index >= 15 is 0 Å². The summed E-state index contributed by atoms with van der Waals surface area (Å²) in [6.45, 7) is 3.65. The van der Waals surface area contributed by atoms with E-state index in [0.29, 0.717) is 24.2 Å². The summed E-state index contributed by atoms with van der Waals surface area (Å²) in [5.74, 6) is -1.38. The number of aromatic nitrogens is 4. The minimum absolute atomic E-state index is 0.0138. The van der Waals surface area contributed by atoms with E-state index in [0.717, 1.165) is 11.3 Å². The maximum Gasteiger partial charge on any atom is 0.408 e. The van der Waals surface area contributed by atoms with Gasteiger partial charge in [0.2, 0.25) is 0 Å². The van der Waals surface area contributed by atoms with Gasteiger partial charge in [0.05, 0.1) is 11.9 Å². The fraction of sp³-hybridized carbons (Fsp3) is 0.368. The number of nitrogens with one attached hydrogen (secondary N) is 1. The van der Waals surface area contributed by atoms with Crippen LogP contribution in [0.5, 0.6) is 0 Å². The number of carbonyl (C=O) groups excluding carboxylic acids is 1. The number of aryl methyl sites for hydroxylation is 2. The van der Waals surface area contributed by atoms with Gasteiger partial charge in [-0.2, -0.15) is 18.3 Å². The molecule has 4 rings (SSSR count). The second-order valence-electron chi connectivity index (χ2n) is 7.09. The number of pyridine rings is 1. The van der Waals surface area contributed by atoms with Crippen molar-refractivity contribution in [1.29, 1.82) is 0 Å². The van der Waals surface area contributed by atoms with E-state index in [1.807, 2.05) is 19.1 Å². The lowest BCUT2D eigenvalue weighted by molar-refractivity contribution is -0.158. The molecule has 3 aromatic heterocycles. The Morgan fingerprint density at radius 3 is 2.61 bits per heavy atom. The van der Waals surface area contributed by atoms with Gasteiger partial charge in [0.1, 0.15) is 11.6 Å². The number of hydrogen-bond acceptors (Lipinski definition) is 4. The molecule has 28 heavy (non-hydrogen) atoms. The molecule has 1 N–H and O–H groups in total. The molecule has 0 spiro atoms. The van der Waals surface area contributed by atoms with Crippen LogP contribution in [0.4, 0.5) is 13.2 Å². The SMILES string of the molecule is Cc1ccc(-c2cc(C)n3ncc(C(=O)NC(C4CC4)C(F)(F)F)c3n2)cn1. The summed E-state index contributed by atoms with van der Waals surface area (Å²) < 4.78 is 41.2. The Labute approximate surface area is 158 Å². The first-order valence-corrected chi connectivity index (χ1v) is 8.90. The Morgan fingerprint density at radius 2 is 2.00 bits per heavy atom.